The predicted octanol–water partition coefficient (Wildman–Crippen LogP) is 4.19. The van der Waals surface area contributed by atoms with E-state index in [1.807, 2.05) is 32.9 Å². The number of benzene rings is 1. The zero-order chi connectivity index (χ0) is 22.2. The number of rotatable bonds is 9. The summed E-state index contributed by atoms with van der Waals surface area (Å²) >= 11 is 3.50. The molecular weight excluding hydrogens is 462 g/mol. The van der Waals surface area contributed by atoms with Crippen LogP contribution in [-0.2, 0) is 11.2 Å². The summed E-state index contributed by atoms with van der Waals surface area (Å²) in [5.41, 5.74) is 2.99. The average Bonchev–Trinajstić information content (AvgIpc) is 3.30. The third-order valence-corrected chi connectivity index (χ3v) is 5.64. The number of carbonyl (C=O) groups excluding carboxylic acids is 1. The maximum Gasteiger partial charge on any atom is 0.335 e. The highest BCUT2D eigenvalue weighted by Gasteiger charge is 2.22. The van der Waals surface area contributed by atoms with Gasteiger partial charge in [0.2, 0.25) is 0 Å². The largest absolute Gasteiger partial charge is 0.491 e. The zero-order valence-electron chi connectivity index (χ0n) is 17.9. The molecule has 0 spiro atoms. The Balaban J connectivity index is 1.71. The topological polar surface area (TPSA) is 82.4 Å². The van der Waals surface area contributed by atoms with Gasteiger partial charge in [-0.25, -0.2) is 19.7 Å². The summed E-state index contributed by atoms with van der Waals surface area (Å²) in [4.78, 5) is 27.0. The summed E-state index contributed by atoms with van der Waals surface area (Å²) in [6, 6.07) is 5.83. The first-order valence-electron chi connectivity index (χ1n) is 10.1. The van der Waals surface area contributed by atoms with Crippen LogP contribution >= 0.6 is 15.9 Å². The maximum absolute atomic E-state index is 13.0. The fourth-order valence-corrected chi connectivity index (χ4v) is 3.47. The van der Waals surface area contributed by atoms with Crippen molar-refractivity contribution in [1.82, 2.24) is 19.5 Å². The molecule has 0 aliphatic rings. The molecule has 2 heterocycles. The van der Waals surface area contributed by atoms with Gasteiger partial charge in [0.05, 0.1) is 23.3 Å². The number of hydrogen-bond acceptors (Lipinski definition) is 6. The van der Waals surface area contributed by atoms with Gasteiger partial charge in [0.25, 0.3) is 0 Å². The molecule has 2 aromatic heterocycles. The van der Waals surface area contributed by atoms with E-state index in [9.17, 15) is 4.79 Å². The molecule has 0 saturated carbocycles. The van der Waals surface area contributed by atoms with Gasteiger partial charge in [-0.1, -0.05) is 12.1 Å². The van der Waals surface area contributed by atoms with E-state index in [0.29, 0.717) is 30.0 Å². The van der Waals surface area contributed by atoms with Gasteiger partial charge in [0.1, 0.15) is 25.0 Å². The van der Waals surface area contributed by atoms with Crippen LogP contribution in [0.25, 0.3) is 0 Å². The second-order valence-corrected chi connectivity index (χ2v) is 7.69. The molecular formula is C22H26BrN5O3. The maximum atomic E-state index is 13.0. The Labute approximate surface area is 190 Å². The van der Waals surface area contributed by atoms with E-state index in [1.54, 1.807) is 17.3 Å². The number of aromatic nitrogens is 4. The number of anilines is 1. The predicted molar refractivity (Wildman–Crippen MR) is 122 cm³/mol. The van der Waals surface area contributed by atoms with Crippen molar-refractivity contribution in [3.8, 4) is 5.75 Å². The lowest BCUT2D eigenvalue weighted by molar-refractivity contribution is 0.151. The minimum atomic E-state index is -0.275. The molecule has 1 aromatic carbocycles. The molecule has 0 aliphatic heterocycles. The molecule has 31 heavy (non-hydrogen) atoms. The van der Waals surface area contributed by atoms with Gasteiger partial charge in [-0.2, -0.15) is 0 Å². The van der Waals surface area contributed by atoms with Gasteiger partial charge in [-0.05, 0) is 60.3 Å². The molecule has 0 N–H and O–H groups in total. The Morgan fingerprint density at radius 1 is 1.23 bits per heavy atom. The lowest BCUT2D eigenvalue weighted by Gasteiger charge is -2.23. The normalized spacial score (nSPS) is 10.8. The Morgan fingerprint density at radius 3 is 2.77 bits per heavy atom. The summed E-state index contributed by atoms with van der Waals surface area (Å²) < 4.78 is 13.5. The van der Waals surface area contributed by atoms with Gasteiger partial charge in [0.15, 0.2) is 5.82 Å². The Kier molecular flexibility index (Phi) is 8.13. The van der Waals surface area contributed by atoms with Gasteiger partial charge in [-0.15, -0.1) is 0 Å². The van der Waals surface area contributed by atoms with Crippen LogP contribution in [0.5, 0.6) is 5.75 Å². The molecule has 8 nitrogen and oxygen atoms in total. The van der Waals surface area contributed by atoms with E-state index in [1.165, 1.54) is 22.8 Å². The number of carbonyl (C=O) groups is 1. The summed E-state index contributed by atoms with van der Waals surface area (Å²) in [7, 11) is 0. The molecule has 164 valence electrons. The molecule has 9 heteroatoms. The van der Waals surface area contributed by atoms with Gasteiger partial charge >= 0.3 is 6.03 Å². The number of aryl methyl sites for hydroxylation is 2. The van der Waals surface area contributed by atoms with E-state index in [-0.39, 0.29) is 6.03 Å². The van der Waals surface area contributed by atoms with Crippen molar-refractivity contribution >= 4 is 27.8 Å². The van der Waals surface area contributed by atoms with Gasteiger partial charge in [0, 0.05) is 19.0 Å². The van der Waals surface area contributed by atoms with E-state index in [2.05, 4.69) is 36.9 Å². The second-order valence-electron chi connectivity index (χ2n) is 6.90. The summed E-state index contributed by atoms with van der Waals surface area (Å²) in [5, 5.41) is 0. The molecule has 0 atom stereocenters. The molecule has 0 unspecified atom stereocenters. The smallest absolute Gasteiger partial charge is 0.335 e. The van der Waals surface area contributed by atoms with E-state index >= 15 is 0 Å². The fourth-order valence-electron chi connectivity index (χ4n) is 3.05. The number of imidazole rings is 1. The van der Waals surface area contributed by atoms with Crippen LogP contribution in [0.1, 0.15) is 23.7 Å². The zero-order valence-corrected chi connectivity index (χ0v) is 19.5. The Bertz CT molecular complexity index is 1010. The number of nitrogens with zero attached hydrogens (tertiary/aromatic N) is 5. The third kappa shape index (κ3) is 5.89. The van der Waals surface area contributed by atoms with Crippen LogP contribution in [0.4, 0.5) is 10.6 Å². The summed E-state index contributed by atoms with van der Waals surface area (Å²) in [6.45, 7) is 7.88. The third-order valence-electron chi connectivity index (χ3n) is 4.71. The molecule has 1 amide bonds. The Hall–Kier alpha value is -2.78. The highest BCUT2D eigenvalue weighted by molar-refractivity contribution is 9.10. The van der Waals surface area contributed by atoms with Crippen molar-refractivity contribution in [2.24, 2.45) is 0 Å². The van der Waals surface area contributed by atoms with Gasteiger partial charge in [-0.3, -0.25) is 9.47 Å². The van der Waals surface area contributed by atoms with Gasteiger partial charge < -0.3 is 9.47 Å². The van der Waals surface area contributed by atoms with E-state index in [4.69, 9.17) is 9.47 Å². The lowest BCUT2D eigenvalue weighted by atomic mass is 10.1. The minimum Gasteiger partial charge on any atom is -0.491 e. The first kappa shape index (κ1) is 22.9. The SMILES string of the molecule is CCOCCc1ccc(OCCN(C(=O)n2ccnc2)c2ncnc(C)c2Br)c(C)c1. The highest BCUT2D eigenvalue weighted by Crippen LogP contribution is 2.26. The number of halogens is 1. The molecule has 0 fully saturated rings. The summed E-state index contributed by atoms with van der Waals surface area (Å²) in [5.74, 6) is 1.27. The van der Waals surface area contributed by atoms with Crippen molar-refractivity contribution in [3.63, 3.8) is 0 Å². The van der Waals surface area contributed by atoms with Crippen LogP contribution in [0.3, 0.4) is 0 Å². The summed E-state index contributed by atoms with van der Waals surface area (Å²) in [6.07, 6.45) is 6.93. The van der Waals surface area contributed by atoms with E-state index < -0.39 is 0 Å². The van der Waals surface area contributed by atoms with Crippen LogP contribution < -0.4 is 9.64 Å². The second kappa shape index (κ2) is 11.0. The molecule has 0 saturated heterocycles. The average molecular weight is 488 g/mol. The van der Waals surface area contributed by atoms with Crippen LogP contribution in [0.15, 0.2) is 47.7 Å². The Morgan fingerprint density at radius 2 is 2.06 bits per heavy atom. The quantitative estimate of drug-likeness (QED) is 0.421. The number of amides is 1. The van der Waals surface area contributed by atoms with Crippen molar-refractivity contribution < 1.29 is 14.3 Å². The lowest BCUT2D eigenvalue weighted by Crippen LogP contribution is -2.38. The molecule has 0 aliphatic carbocycles. The first-order chi connectivity index (χ1) is 15.0. The fraction of sp³-hybridized carbons (Fsp3) is 0.364. The molecule has 3 rings (SSSR count). The number of ether oxygens (including phenoxy) is 2. The standard InChI is InChI=1S/C22H26BrN5O3/c1-4-30-11-7-18-5-6-19(16(2)13-18)31-12-10-28(22(29)27-9-8-24-15-27)21-20(23)17(3)25-14-26-21/h5-6,8-9,13-15H,4,7,10-12H2,1-3H3. The van der Waals surface area contributed by atoms with Crippen LogP contribution in [0.2, 0.25) is 0 Å². The van der Waals surface area contributed by atoms with Crippen molar-refractivity contribution in [2.75, 3.05) is 31.3 Å². The monoisotopic (exact) mass is 487 g/mol. The van der Waals surface area contributed by atoms with Crippen molar-refractivity contribution in [1.29, 1.82) is 0 Å². The van der Waals surface area contributed by atoms with E-state index in [0.717, 1.165) is 30.0 Å². The minimum absolute atomic E-state index is 0.275. The molecule has 0 radical (unpaired) electrons. The molecule has 3 aromatic rings. The van der Waals surface area contributed by atoms with Crippen LogP contribution in [0, 0.1) is 13.8 Å². The number of hydrogen-bond donors (Lipinski definition) is 0. The van der Waals surface area contributed by atoms with Crippen LogP contribution in [-0.4, -0.2) is 51.9 Å². The van der Waals surface area contributed by atoms with Crippen molar-refractivity contribution in [3.05, 3.63) is 64.5 Å². The van der Waals surface area contributed by atoms with Crippen molar-refractivity contribution in [2.45, 2.75) is 27.2 Å². The molecule has 0 bridgehead atoms. The highest BCUT2D eigenvalue weighted by atomic mass is 79.9. The first-order valence-corrected chi connectivity index (χ1v) is 10.9.